The Balaban J connectivity index is 1.94. The van der Waals surface area contributed by atoms with Gasteiger partial charge in [0.05, 0.1) is 17.6 Å². The van der Waals surface area contributed by atoms with Crippen molar-refractivity contribution in [2.24, 2.45) is 0 Å². The summed E-state index contributed by atoms with van der Waals surface area (Å²) in [6.45, 7) is 0. The molecular formula is C12H11N3O2S. The molecule has 1 aromatic heterocycles. The SMILES string of the molecule is N#CCSCc1nc(Cc2ccc(O)cc2)no1. The van der Waals surface area contributed by atoms with E-state index in [0.717, 1.165) is 5.56 Å². The summed E-state index contributed by atoms with van der Waals surface area (Å²) in [7, 11) is 0. The molecule has 0 amide bonds. The van der Waals surface area contributed by atoms with E-state index >= 15 is 0 Å². The van der Waals surface area contributed by atoms with Crippen LogP contribution in [0.25, 0.3) is 0 Å². The fraction of sp³-hybridized carbons (Fsp3) is 0.250. The lowest BCUT2D eigenvalue weighted by Crippen LogP contribution is -1.91. The Labute approximate surface area is 108 Å². The Bertz CT molecular complexity index is 545. The molecule has 0 atom stereocenters. The van der Waals surface area contributed by atoms with Gasteiger partial charge in [0.25, 0.3) is 0 Å². The number of phenolic OH excluding ortho intramolecular Hbond substituents is 1. The summed E-state index contributed by atoms with van der Waals surface area (Å²) >= 11 is 1.44. The average molecular weight is 261 g/mol. The van der Waals surface area contributed by atoms with Gasteiger partial charge in [-0.05, 0) is 17.7 Å². The summed E-state index contributed by atoms with van der Waals surface area (Å²) in [5.74, 6) is 2.34. The summed E-state index contributed by atoms with van der Waals surface area (Å²) in [5, 5.41) is 21.4. The van der Waals surface area contributed by atoms with E-state index in [0.29, 0.717) is 29.6 Å². The molecule has 0 radical (unpaired) electrons. The van der Waals surface area contributed by atoms with E-state index in [4.69, 9.17) is 14.9 Å². The maximum absolute atomic E-state index is 9.17. The summed E-state index contributed by atoms with van der Waals surface area (Å²) in [6.07, 6.45) is 0.562. The van der Waals surface area contributed by atoms with E-state index in [-0.39, 0.29) is 5.75 Å². The number of nitrogens with zero attached hydrogens (tertiary/aromatic N) is 3. The van der Waals surface area contributed by atoms with E-state index in [9.17, 15) is 0 Å². The molecule has 0 aliphatic heterocycles. The largest absolute Gasteiger partial charge is 0.508 e. The van der Waals surface area contributed by atoms with Crippen molar-refractivity contribution in [3.63, 3.8) is 0 Å². The van der Waals surface area contributed by atoms with Gasteiger partial charge in [-0.25, -0.2) is 0 Å². The molecule has 1 aromatic carbocycles. The lowest BCUT2D eigenvalue weighted by molar-refractivity contribution is 0.386. The third kappa shape index (κ3) is 3.50. The minimum Gasteiger partial charge on any atom is -0.508 e. The van der Waals surface area contributed by atoms with Crippen LogP contribution in [0.5, 0.6) is 5.75 Å². The number of rotatable bonds is 5. The third-order valence-corrected chi connectivity index (χ3v) is 2.99. The number of hydrogen-bond acceptors (Lipinski definition) is 6. The first-order valence-corrected chi connectivity index (χ1v) is 6.47. The molecule has 0 aliphatic rings. The Morgan fingerprint density at radius 1 is 1.33 bits per heavy atom. The smallest absolute Gasteiger partial charge is 0.236 e. The maximum Gasteiger partial charge on any atom is 0.236 e. The molecule has 1 N–H and O–H groups in total. The maximum atomic E-state index is 9.17. The van der Waals surface area contributed by atoms with Crippen molar-refractivity contribution in [3.8, 4) is 11.8 Å². The Morgan fingerprint density at radius 2 is 2.11 bits per heavy atom. The summed E-state index contributed by atoms with van der Waals surface area (Å²) in [6, 6.07) is 8.92. The zero-order valence-electron chi connectivity index (χ0n) is 9.54. The molecule has 0 saturated carbocycles. The van der Waals surface area contributed by atoms with Gasteiger partial charge in [-0.2, -0.15) is 10.2 Å². The number of aromatic hydroxyl groups is 1. The Kier molecular flexibility index (Phi) is 4.20. The van der Waals surface area contributed by atoms with Crippen molar-refractivity contribution in [3.05, 3.63) is 41.5 Å². The van der Waals surface area contributed by atoms with E-state index in [1.165, 1.54) is 11.8 Å². The van der Waals surface area contributed by atoms with Crippen molar-refractivity contribution in [2.75, 3.05) is 5.75 Å². The third-order valence-electron chi connectivity index (χ3n) is 2.20. The first-order chi connectivity index (χ1) is 8.78. The summed E-state index contributed by atoms with van der Waals surface area (Å²) in [4.78, 5) is 4.23. The van der Waals surface area contributed by atoms with Crippen LogP contribution in [-0.4, -0.2) is 21.0 Å². The molecule has 2 aromatic rings. The molecule has 5 nitrogen and oxygen atoms in total. The highest BCUT2D eigenvalue weighted by atomic mass is 32.2. The Hall–Kier alpha value is -2.00. The van der Waals surface area contributed by atoms with Gasteiger partial charge in [0.2, 0.25) is 5.89 Å². The molecule has 2 rings (SSSR count). The van der Waals surface area contributed by atoms with Crippen molar-refractivity contribution in [1.29, 1.82) is 5.26 Å². The van der Waals surface area contributed by atoms with Crippen LogP contribution < -0.4 is 0 Å². The van der Waals surface area contributed by atoms with Crippen LogP contribution in [0.15, 0.2) is 28.8 Å². The molecular weight excluding hydrogens is 250 g/mol. The molecule has 0 aliphatic carbocycles. The highest BCUT2D eigenvalue weighted by Gasteiger charge is 2.07. The van der Waals surface area contributed by atoms with Gasteiger partial charge >= 0.3 is 0 Å². The lowest BCUT2D eigenvalue weighted by atomic mass is 10.1. The van der Waals surface area contributed by atoms with Crippen LogP contribution in [0.4, 0.5) is 0 Å². The fourth-order valence-corrected chi connectivity index (χ4v) is 1.89. The van der Waals surface area contributed by atoms with E-state index in [1.807, 2.05) is 18.2 Å². The first kappa shape index (κ1) is 12.5. The number of benzene rings is 1. The topological polar surface area (TPSA) is 82.9 Å². The van der Waals surface area contributed by atoms with E-state index in [1.54, 1.807) is 12.1 Å². The molecule has 0 fully saturated rings. The van der Waals surface area contributed by atoms with Crippen LogP contribution in [0.3, 0.4) is 0 Å². The zero-order valence-corrected chi connectivity index (χ0v) is 10.4. The van der Waals surface area contributed by atoms with Gasteiger partial charge in [-0.15, -0.1) is 11.8 Å². The van der Waals surface area contributed by atoms with Crippen LogP contribution in [-0.2, 0) is 12.2 Å². The lowest BCUT2D eigenvalue weighted by Gasteiger charge is -1.96. The monoisotopic (exact) mass is 261 g/mol. The van der Waals surface area contributed by atoms with Gasteiger partial charge in [-0.1, -0.05) is 17.3 Å². The number of thioether (sulfide) groups is 1. The molecule has 0 saturated heterocycles. The predicted molar refractivity (Wildman–Crippen MR) is 67.0 cm³/mol. The standard InChI is InChI=1S/C12H11N3O2S/c13-5-6-18-8-12-14-11(15-17-12)7-9-1-3-10(16)4-2-9/h1-4,16H,6-8H2. The van der Waals surface area contributed by atoms with Crippen molar-refractivity contribution in [2.45, 2.75) is 12.2 Å². The molecule has 18 heavy (non-hydrogen) atoms. The van der Waals surface area contributed by atoms with Crippen LogP contribution in [0, 0.1) is 11.3 Å². The van der Waals surface area contributed by atoms with Gasteiger partial charge in [-0.3, -0.25) is 0 Å². The second-order valence-electron chi connectivity index (χ2n) is 3.60. The van der Waals surface area contributed by atoms with Gasteiger partial charge < -0.3 is 9.63 Å². The molecule has 92 valence electrons. The number of phenols is 1. The molecule has 0 bridgehead atoms. The average Bonchev–Trinajstić information content (AvgIpc) is 2.80. The number of hydrogen-bond donors (Lipinski definition) is 1. The van der Waals surface area contributed by atoms with Gasteiger partial charge in [0.15, 0.2) is 5.82 Å². The van der Waals surface area contributed by atoms with Crippen LogP contribution in [0.2, 0.25) is 0 Å². The quantitative estimate of drug-likeness (QED) is 0.830. The summed E-state index contributed by atoms with van der Waals surface area (Å²) < 4.78 is 5.07. The highest BCUT2D eigenvalue weighted by molar-refractivity contribution is 7.98. The van der Waals surface area contributed by atoms with Crippen molar-refractivity contribution >= 4 is 11.8 Å². The van der Waals surface area contributed by atoms with E-state index in [2.05, 4.69) is 10.1 Å². The normalized spacial score (nSPS) is 10.2. The molecule has 1 heterocycles. The number of nitriles is 1. The predicted octanol–water partition coefficient (Wildman–Crippen LogP) is 2.12. The van der Waals surface area contributed by atoms with E-state index < -0.39 is 0 Å². The Morgan fingerprint density at radius 3 is 2.83 bits per heavy atom. The second-order valence-corrected chi connectivity index (χ2v) is 4.58. The molecule has 0 spiro atoms. The minimum absolute atomic E-state index is 0.237. The fourth-order valence-electron chi connectivity index (χ4n) is 1.40. The van der Waals surface area contributed by atoms with Crippen molar-refractivity contribution < 1.29 is 9.63 Å². The van der Waals surface area contributed by atoms with Gasteiger partial charge in [0.1, 0.15) is 5.75 Å². The zero-order chi connectivity index (χ0) is 12.8. The summed E-state index contributed by atoms with van der Waals surface area (Å²) in [5.41, 5.74) is 1.00. The van der Waals surface area contributed by atoms with Crippen molar-refractivity contribution in [1.82, 2.24) is 10.1 Å². The van der Waals surface area contributed by atoms with Crippen LogP contribution >= 0.6 is 11.8 Å². The highest BCUT2D eigenvalue weighted by Crippen LogP contribution is 2.14. The molecule has 0 unspecified atom stereocenters. The number of aromatic nitrogens is 2. The first-order valence-electron chi connectivity index (χ1n) is 5.32. The second kappa shape index (κ2) is 6.07. The minimum atomic E-state index is 0.237. The van der Waals surface area contributed by atoms with Gasteiger partial charge in [0, 0.05) is 6.42 Å². The van der Waals surface area contributed by atoms with Crippen LogP contribution in [0.1, 0.15) is 17.3 Å². The molecule has 6 heteroatoms.